The second-order valence-electron chi connectivity index (χ2n) is 5.44. The second-order valence-corrected chi connectivity index (χ2v) is 5.88. The van der Waals surface area contributed by atoms with Crippen LogP contribution in [0.5, 0.6) is 0 Å². The summed E-state index contributed by atoms with van der Waals surface area (Å²) in [6.07, 6.45) is 0.753. The molecule has 0 aliphatic heterocycles. The monoisotopic (exact) mass is 306 g/mol. The molecule has 1 atom stereocenters. The predicted octanol–water partition coefficient (Wildman–Crippen LogP) is 4.01. The summed E-state index contributed by atoms with van der Waals surface area (Å²) in [5.74, 6) is -0.215. The van der Waals surface area contributed by atoms with Crippen molar-refractivity contribution in [2.24, 2.45) is 5.73 Å². The van der Waals surface area contributed by atoms with Crippen molar-refractivity contribution in [1.82, 2.24) is 0 Å². The third-order valence-electron chi connectivity index (χ3n) is 3.30. The fraction of sp³-hybridized carbons (Fsp3) is 0.294. The molecule has 0 amide bonds. The second kappa shape index (κ2) is 6.92. The van der Waals surface area contributed by atoms with Crippen molar-refractivity contribution in [3.05, 3.63) is 64.4 Å². The fourth-order valence-corrected chi connectivity index (χ4v) is 2.63. The van der Waals surface area contributed by atoms with E-state index in [-0.39, 0.29) is 11.9 Å². The molecule has 0 aliphatic rings. The highest BCUT2D eigenvalue weighted by Gasteiger charge is 2.11. The summed E-state index contributed by atoms with van der Waals surface area (Å²) in [4.78, 5) is 2.09. The molecular formula is C17H20ClFN2. The molecule has 2 N–H and O–H groups in total. The van der Waals surface area contributed by atoms with Crippen molar-refractivity contribution in [2.45, 2.75) is 25.9 Å². The normalized spacial score (nSPS) is 12.2. The first-order chi connectivity index (χ1) is 9.95. The van der Waals surface area contributed by atoms with Crippen LogP contribution in [0.1, 0.15) is 18.1 Å². The number of nitrogens with two attached hydrogens (primary N) is 1. The van der Waals surface area contributed by atoms with Gasteiger partial charge in [-0.05, 0) is 54.8 Å². The van der Waals surface area contributed by atoms with Crippen LogP contribution in [-0.4, -0.2) is 13.1 Å². The van der Waals surface area contributed by atoms with Crippen molar-refractivity contribution >= 4 is 17.3 Å². The van der Waals surface area contributed by atoms with Gasteiger partial charge in [-0.25, -0.2) is 4.39 Å². The van der Waals surface area contributed by atoms with Crippen LogP contribution in [-0.2, 0) is 13.0 Å². The van der Waals surface area contributed by atoms with Gasteiger partial charge in [0.1, 0.15) is 5.82 Å². The van der Waals surface area contributed by atoms with E-state index < -0.39 is 0 Å². The molecule has 0 heterocycles. The van der Waals surface area contributed by atoms with Gasteiger partial charge in [0.2, 0.25) is 0 Å². The quantitative estimate of drug-likeness (QED) is 0.904. The predicted molar refractivity (Wildman–Crippen MR) is 87.3 cm³/mol. The third-order valence-corrected chi connectivity index (χ3v) is 3.54. The van der Waals surface area contributed by atoms with Crippen molar-refractivity contribution in [3.63, 3.8) is 0 Å². The molecule has 0 spiro atoms. The molecule has 21 heavy (non-hydrogen) atoms. The first-order valence-corrected chi connectivity index (χ1v) is 7.33. The Hall–Kier alpha value is -1.58. The van der Waals surface area contributed by atoms with E-state index in [2.05, 4.69) is 4.90 Å². The van der Waals surface area contributed by atoms with E-state index in [0.717, 1.165) is 23.2 Å². The summed E-state index contributed by atoms with van der Waals surface area (Å²) < 4.78 is 13.3. The Labute approximate surface area is 130 Å². The molecule has 2 aromatic rings. The topological polar surface area (TPSA) is 29.3 Å². The Morgan fingerprint density at radius 1 is 1.24 bits per heavy atom. The minimum absolute atomic E-state index is 0.0600. The van der Waals surface area contributed by atoms with Crippen LogP contribution >= 0.6 is 11.6 Å². The zero-order valence-electron chi connectivity index (χ0n) is 12.3. The molecule has 2 rings (SSSR count). The first-order valence-electron chi connectivity index (χ1n) is 6.95. The van der Waals surface area contributed by atoms with E-state index in [1.54, 1.807) is 12.1 Å². The Morgan fingerprint density at radius 2 is 2.00 bits per heavy atom. The molecule has 0 bridgehead atoms. The highest BCUT2D eigenvalue weighted by Crippen LogP contribution is 2.26. The number of anilines is 1. The SMILES string of the molecule is CC(N)Cc1cc(Cl)ccc1N(C)Cc1cccc(F)c1. The molecule has 0 saturated carbocycles. The van der Waals surface area contributed by atoms with Gasteiger partial charge >= 0.3 is 0 Å². The van der Waals surface area contributed by atoms with Gasteiger partial charge < -0.3 is 10.6 Å². The summed E-state index contributed by atoms with van der Waals surface area (Å²) in [6.45, 7) is 2.60. The number of rotatable bonds is 5. The molecule has 112 valence electrons. The Bertz CT molecular complexity index is 613. The lowest BCUT2D eigenvalue weighted by atomic mass is 10.0. The van der Waals surface area contributed by atoms with Crippen LogP contribution in [0.4, 0.5) is 10.1 Å². The zero-order chi connectivity index (χ0) is 15.4. The lowest BCUT2D eigenvalue weighted by Crippen LogP contribution is -2.22. The average molecular weight is 307 g/mol. The zero-order valence-corrected chi connectivity index (χ0v) is 13.1. The van der Waals surface area contributed by atoms with E-state index in [1.807, 2.05) is 38.2 Å². The van der Waals surface area contributed by atoms with E-state index in [0.29, 0.717) is 11.6 Å². The van der Waals surface area contributed by atoms with E-state index in [9.17, 15) is 4.39 Å². The van der Waals surface area contributed by atoms with Gasteiger partial charge in [0.15, 0.2) is 0 Å². The molecule has 0 radical (unpaired) electrons. The number of nitrogens with zero attached hydrogens (tertiary/aromatic N) is 1. The largest absolute Gasteiger partial charge is 0.370 e. The van der Waals surface area contributed by atoms with Crippen molar-refractivity contribution in [1.29, 1.82) is 0 Å². The van der Waals surface area contributed by atoms with Crippen LogP contribution in [0.25, 0.3) is 0 Å². The first kappa shape index (κ1) is 15.8. The maximum atomic E-state index is 13.3. The molecule has 0 aromatic heterocycles. The summed E-state index contributed by atoms with van der Waals surface area (Å²) in [7, 11) is 1.98. The van der Waals surface area contributed by atoms with Gasteiger partial charge in [-0.2, -0.15) is 0 Å². The van der Waals surface area contributed by atoms with Crippen LogP contribution in [0.3, 0.4) is 0 Å². The molecule has 2 nitrogen and oxygen atoms in total. The molecular weight excluding hydrogens is 287 g/mol. The maximum absolute atomic E-state index is 13.3. The summed E-state index contributed by atoms with van der Waals surface area (Å²) >= 11 is 6.08. The number of benzene rings is 2. The smallest absolute Gasteiger partial charge is 0.123 e. The van der Waals surface area contributed by atoms with Gasteiger partial charge in [0.05, 0.1) is 0 Å². The maximum Gasteiger partial charge on any atom is 0.123 e. The van der Waals surface area contributed by atoms with Crippen molar-refractivity contribution in [2.75, 3.05) is 11.9 Å². The third kappa shape index (κ3) is 4.45. The summed E-state index contributed by atoms with van der Waals surface area (Å²) in [6, 6.07) is 12.5. The van der Waals surface area contributed by atoms with Crippen molar-refractivity contribution in [3.8, 4) is 0 Å². The Kier molecular flexibility index (Phi) is 5.21. The van der Waals surface area contributed by atoms with Crippen molar-refractivity contribution < 1.29 is 4.39 Å². The van der Waals surface area contributed by atoms with Crippen LogP contribution < -0.4 is 10.6 Å². The average Bonchev–Trinajstić information content (AvgIpc) is 2.37. The lowest BCUT2D eigenvalue weighted by molar-refractivity contribution is 0.625. The fourth-order valence-electron chi connectivity index (χ4n) is 2.43. The van der Waals surface area contributed by atoms with Crippen LogP contribution in [0.2, 0.25) is 5.02 Å². The highest BCUT2D eigenvalue weighted by atomic mass is 35.5. The van der Waals surface area contributed by atoms with Gasteiger partial charge in [-0.3, -0.25) is 0 Å². The highest BCUT2D eigenvalue weighted by molar-refractivity contribution is 6.30. The number of hydrogen-bond acceptors (Lipinski definition) is 2. The molecule has 1 unspecified atom stereocenters. The molecule has 0 aliphatic carbocycles. The van der Waals surface area contributed by atoms with Gasteiger partial charge in [0.25, 0.3) is 0 Å². The Morgan fingerprint density at radius 3 is 2.67 bits per heavy atom. The molecule has 0 saturated heterocycles. The van der Waals surface area contributed by atoms with E-state index in [1.165, 1.54) is 6.07 Å². The minimum Gasteiger partial charge on any atom is -0.370 e. The lowest BCUT2D eigenvalue weighted by Gasteiger charge is -2.23. The molecule has 4 heteroatoms. The van der Waals surface area contributed by atoms with Crippen LogP contribution in [0, 0.1) is 5.82 Å². The van der Waals surface area contributed by atoms with E-state index >= 15 is 0 Å². The molecule has 0 fully saturated rings. The number of halogens is 2. The van der Waals surface area contributed by atoms with Gasteiger partial charge in [0, 0.05) is 30.3 Å². The van der Waals surface area contributed by atoms with E-state index in [4.69, 9.17) is 17.3 Å². The standard InChI is InChI=1S/C17H20ClFN2/c1-12(20)8-14-10-15(18)6-7-17(14)21(2)11-13-4-3-5-16(19)9-13/h3-7,9-10,12H,8,11,20H2,1-2H3. The van der Waals surface area contributed by atoms with Gasteiger partial charge in [-0.1, -0.05) is 23.7 Å². The number of hydrogen-bond donors (Lipinski definition) is 1. The van der Waals surface area contributed by atoms with Gasteiger partial charge in [-0.15, -0.1) is 0 Å². The van der Waals surface area contributed by atoms with Crippen LogP contribution in [0.15, 0.2) is 42.5 Å². The summed E-state index contributed by atoms with van der Waals surface area (Å²) in [5, 5.41) is 0.702. The Balaban J connectivity index is 2.23. The summed E-state index contributed by atoms with van der Waals surface area (Å²) in [5.41, 5.74) is 9.01. The minimum atomic E-state index is -0.215. The molecule has 2 aromatic carbocycles.